The summed E-state index contributed by atoms with van der Waals surface area (Å²) in [6.45, 7) is -0.198. The van der Waals surface area contributed by atoms with Crippen molar-refractivity contribution in [1.29, 1.82) is 0 Å². The molecule has 0 aliphatic heterocycles. The molecule has 1 heterocycles. The Kier molecular flexibility index (Phi) is 3.61. The van der Waals surface area contributed by atoms with E-state index in [1.165, 1.54) is 4.70 Å². The zero-order valence-corrected chi connectivity index (χ0v) is 9.91. The Morgan fingerprint density at radius 3 is 2.88 bits per heavy atom. The van der Waals surface area contributed by atoms with Crippen molar-refractivity contribution in [3.8, 4) is 0 Å². The predicted octanol–water partition coefficient (Wildman–Crippen LogP) is 2.07. The van der Waals surface area contributed by atoms with E-state index >= 15 is 0 Å². The molecule has 0 fully saturated rings. The molecule has 0 spiro atoms. The van der Waals surface area contributed by atoms with Crippen molar-refractivity contribution in [1.82, 2.24) is 5.32 Å². The first-order chi connectivity index (χ1) is 8.20. The molecule has 2 aromatic rings. The van der Waals surface area contributed by atoms with Crippen molar-refractivity contribution in [3.63, 3.8) is 0 Å². The highest BCUT2D eigenvalue weighted by Gasteiger charge is 2.13. The number of thiophene rings is 1. The lowest BCUT2D eigenvalue weighted by Crippen LogP contribution is -2.38. The highest BCUT2D eigenvalue weighted by Crippen LogP contribution is 2.26. The van der Waals surface area contributed by atoms with Crippen LogP contribution in [0.25, 0.3) is 10.1 Å². The van der Waals surface area contributed by atoms with Crippen LogP contribution >= 0.6 is 11.3 Å². The van der Waals surface area contributed by atoms with Crippen molar-refractivity contribution in [2.24, 2.45) is 0 Å². The van der Waals surface area contributed by atoms with Crippen molar-refractivity contribution in [2.45, 2.75) is 12.5 Å². The van der Waals surface area contributed by atoms with Gasteiger partial charge in [0.2, 0.25) is 0 Å². The maximum absolute atomic E-state index is 10.5. The maximum Gasteiger partial charge on any atom is 0.404 e. The van der Waals surface area contributed by atoms with E-state index in [1.54, 1.807) is 11.3 Å². The van der Waals surface area contributed by atoms with Gasteiger partial charge in [-0.2, -0.15) is 0 Å². The molecule has 0 saturated heterocycles. The van der Waals surface area contributed by atoms with E-state index < -0.39 is 12.1 Å². The second-order valence-electron chi connectivity index (χ2n) is 3.79. The summed E-state index contributed by atoms with van der Waals surface area (Å²) in [7, 11) is 0. The third-order valence-corrected chi connectivity index (χ3v) is 3.59. The van der Waals surface area contributed by atoms with E-state index in [0.717, 1.165) is 10.9 Å². The fourth-order valence-electron chi connectivity index (χ4n) is 1.79. The Balaban J connectivity index is 2.19. The van der Waals surface area contributed by atoms with Gasteiger partial charge in [0.1, 0.15) is 0 Å². The van der Waals surface area contributed by atoms with Crippen LogP contribution in [0.2, 0.25) is 0 Å². The lowest BCUT2D eigenvalue weighted by Gasteiger charge is -2.13. The summed E-state index contributed by atoms with van der Waals surface area (Å²) < 4.78 is 1.18. The highest BCUT2D eigenvalue weighted by atomic mass is 32.1. The average Bonchev–Trinajstić information content (AvgIpc) is 2.71. The molecule has 5 heteroatoms. The third-order valence-electron chi connectivity index (χ3n) is 2.58. The number of rotatable bonds is 4. The van der Waals surface area contributed by atoms with Crippen LogP contribution in [0, 0.1) is 0 Å². The molecule has 0 unspecified atom stereocenters. The molecular formula is C12H13NO3S. The van der Waals surface area contributed by atoms with Gasteiger partial charge in [-0.1, -0.05) is 18.2 Å². The predicted molar refractivity (Wildman–Crippen MR) is 67.6 cm³/mol. The van der Waals surface area contributed by atoms with Gasteiger partial charge in [-0.15, -0.1) is 11.3 Å². The van der Waals surface area contributed by atoms with Gasteiger partial charge in [0.15, 0.2) is 0 Å². The normalized spacial score (nSPS) is 12.5. The minimum Gasteiger partial charge on any atom is -0.465 e. The average molecular weight is 251 g/mol. The second-order valence-corrected chi connectivity index (χ2v) is 4.70. The molecule has 1 aromatic heterocycles. The Morgan fingerprint density at radius 2 is 2.18 bits per heavy atom. The van der Waals surface area contributed by atoms with Crippen LogP contribution in [-0.4, -0.2) is 29.0 Å². The van der Waals surface area contributed by atoms with Gasteiger partial charge in [0.05, 0.1) is 12.6 Å². The van der Waals surface area contributed by atoms with Crippen LogP contribution in [0.15, 0.2) is 29.6 Å². The third kappa shape index (κ3) is 2.75. The molecule has 0 bridgehead atoms. The van der Waals surface area contributed by atoms with Crippen LogP contribution in [0.1, 0.15) is 5.56 Å². The first kappa shape index (κ1) is 11.9. The summed E-state index contributed by atoms with van der Waals surface area (Å²) >= 11 is 1.63. The second kappa shape index (κ2) is 5.16. The fraction of sp³-hybridized carbons (Fsp3) is 0.250. The Hall–Kier alpha value is -1.59. The molecule has 1 aromatic carbocycles. The molecule has 0 radical (unpaired) electrons. The molecule has 17 heavy (non-hydrogen) atoms. The monoisotopic (exact) mass is 251 g/mol. The Morgan fingerprint density at radius 1 is 1.41 bits per heavy atom. The van der Waals surface area contributed by atoms with E-state index in [2.05, 4.69) is 5.32 Å². The summed E-state index contributed by atoms with van der Waals surface area (Å²) in [6, 6.07) is 7.52. The van der Waals surface area contributed by atoms with Crippen LogP contribution in [0.5, 0.6) is 0 Å². The first-order valence-electron chi connectivity index (χ1n) is 5.26. The standard InChI is InChI=1S/C12H13NO3S/c14-6-9(13-12(15)16)5-8-7-17-11-4-2-1-3-10(8)11/h1-4,7,9,13-14H,5-6H2,(H,15,16)/t9-/m1/s1. The number of hydrogen-bond donors (Lipinski definition) is 3. The first-order valence-corrected chi connectivity index (χ1v) is 6.14. The van der Waals surface area contributed by atoms with Gasteiger partial charge >= 0.3 is 6.09 Å². The van der Waals surface area contributed by atoms with E-state index in [1.807, 2.05) is 29.6 Å². The lowest BCUT2D eigenvalue weighted by molar-refractivity contribution is 0.177. The van der Waals surface area contributed by atoms with E-state index in [4.69, 9.17) is 10.2 Å². The molecule has 1 amide bonds. The van der Waals surface area contributed by atoms with Gasteiger partial charge in [-0.3, -0.25) is 0 Å². The number of fused-ring (bicyclic) bond motifs is 1. The number of aliphatic hydroxyl groups is 1. The van der Waals surface area contributed by atoms with E-state index in [-0.39, 0.29) is 6.61 Å². The van der Waals surface area contributed by atoms with Gasteiger partial charge in [0, 0.05) is 4.70 Å². The van der Waals surface area contributed by atoms with Gasteiger partial charge < -0.3 is 15.5 Å². The van der Waals surface area contributed by atoms with Crippen molar-refractivity contribution >= 4 is 27.5 Å². The van der Waals surface area contributed by atoms with E-state index in [0.29, 0.717) is 6.42 Å². The number of carbonyl (C=O) groups is 1. The number of aliphatic hydroxyl groups excluding tert-OH is 1. The number of carboxylic acid groups (broad SMARTS) is 1. The van der Waals surface area contributed by atoms with Crippen molar-refractivity contribution < 1.29 is 15.0 Å². The van der Waals surface area contributed by atoms with Crippen LogP contribution in [0.4, 0.5) is 4.79 Å². The minimum atomic E-state index is -1.11. The molecule has 0 aliphatic rings. The number of benzene rings is 1. The zero-order valence-electron chi connectivity index (χ0n) is 9.09. The molecule has 4 nitrogen and oxygen atoms in total. The van der Waals surface area contributed by atoms with Crippen LogP contribution in [0.3, 0.4) is 0 Å². The van der Waals surface area contributed by atoms with Gasteiger partial charge in [0.25, 0.3) is 0 Å². The van der Waals surface area contributed by atoms with Crippen LogP contribution in [-0.2, 0) is 6.42 Å². The van der Waals surface area contributed by atoms with Crippen molar-refractivity contribution in [3.05, 3.63) is 35.2 Å². The molecular weight excluding hydrogens is 238 g/mol. The van der Waals surface area contributed by atoms with Gasteiger partial charge in [-0.25, -0.2) is 4.79 Å². The fourth-order valence-corrected chi connectivity index (χ4v) is 2.77. The van der Waals surface area contributed by atoms with Crippen molar-refractivity contribution in [2.75, 3.05) is 6.61 Å². The summed E-state index contributed by atoms with van der Waals surface area (Å²) in [5.41, 5.74) is 1.07. The summed E-state index contributed by atoms with van der Waals surface area (Å²) in [6.07, 6.45) is -0.601. The number of hydrogen-bond acceptors (Lipinski definition) is 3. The summed E-state index contributed by atoms with van der Waals surface area (Å²) in [4.78, 5) is 10.5. The molecule has 2 rings (SSSR count). The smallest absolute Gasteiger partial charge is 0.404 e. The van der Waals surface area contributed by atoms with E-state index in [9.17, 15) is 4.79 Å². The largest absolute Gasteiger partial charge is 0.465 e. The zero-order chi connectivity index (χ0) is 12.3. The molecule has 1 atom stereocenters. The number of nitrogens with one attached hydrogen (secondary N) is 1. The SMILES string of the molecule is O=C(O)N[C@@H](CO)Cc1csc2ccccc12. The minimum absolute atomic E-state index is 0.198. The molecule has 90 valence electrons. The molecule has 0 aliphatic carbocycles. The Labute approximate surface area is 103 Å². The van der Waals surface area contributed by atoms with Crippen LogP contribution < -0.4 is 5.32 Å². The molecule has 3 N–H and O–H groups in total. The topological polar surface area (TPSA) is 69.6 Å². The maximum atomic E-state index is 10.5. The summed E-state index contributed by atoms with van der Waals surface area (Å²) in [5, 5.41) is 23.2. The van der Waals surface area contributed by atoms with Gasteiger partial charge in [-0.05, 0) is 28.8 Å². The molecule has 0 saturated carbocycles. The quantitative estimate of drug-likeness (QED) is 0.779. The lowest BCUT2D eigenvalue weighted by atomic mass is 10.1. The number of amides is 1. The highest BCUT2D eigenvalue weighted by molar-refractivity contribution is 7.17. The Bertz CT molecular complexity index is 523. The summed E-state index contributed by atoms with van der Waals surface area (Å²) in [5.74, 6) is 0.